The zero-order chi connectivity index (χ0) is 24.0. The molecule has 1 aromatic carbocycles. The Balaban J connectivity index is 1.45. The summed E-state index contributed by atoms with van der Waals surface area (Å²) < 4.78 is 11.6. The number of rotatable bonds is 8. The van der Waals surface area contributed by atoms with Gasteiger partial charge in [0.1, 0.15) is 5.69 Å². The topological polar surface area (TPSA) is 62.1 Å². The van der Waals surface area contributed by atoms with Crippen molar-refractivity contribution >= 4 is 11.8 Å². The summed E-state index contributed by atoms with van der Waals surface area (Å²) in [6.07, 6.45) is 7.91. The summed E-state index contributed by atoms with van der Waals surface area (Å²) in [4.78, 5) is 20.6. The number of hydrogen-bond acceptors (Lipinski definition) is 6. The summed E-state index contributed by atoms with van der Waals surface area (Å²) in [5.74, 6) is 1.30. The summed E-state index contributed by atoms with van der Waals surface area (Å²) in [5, 5.41) is 4.57. The maximum atomic E-state index is 13.8. The number of benzene rings is 1. The summed E-state index contributed by atoms with van der Waals surface area (Å²) in [5.41, 5.74) is 2.97. The lowest BCUT2D eigenvalue weighted by Gasteiger charge is -2.34. The second-order valence-electron chi connectivity index (χ2n) is 10.4. The summed E-state index contributed by atoms with van der Waals surface area (Å²) in [6, 6.07) is 10.7. The quantitative estimate of drug-likeness (QED) is 0.552. The normalized spacial score (nSPS) is 22.0. The highest BCUT2D eigenvalue weighted by Gasteiger charge is 2.32. The van der Waals surface area contributed by atoms with E-state index >= 15 is 0 Å². The molecule has 7 nitrogen and oxygen atoms in total. The Morgan fingerprint density at radius 3 is 2.51 bits per heavy atom. The molecule has 1 amide bonds. The van der Waals surface area contributed by atoms with E-state index in [1.165, 1.54) is 6.42 Å². The predicted molar refractivity (Wildman–Crippen MR) is 137 cm³/mol. The summed E-state index contributed by atoms with van der Waals surface area (Å²) in [6.45, 7) is 8.82. The molecule has 0 bridgehead atoms. The molecule has 1 aromatic heterocycles. The van der Waals surface area contributed by atoms with Crippen molar-refractivity contribution in [1.82, 2.24) is 15.0 Å². The molecule has 1 aliphatic carbocycles. The van der Waals surface area contributed by atoms with Crippen molar-refractivity contribution in [1.29, 1.82) is 0 Å². The average molecular weight is 481 g/mol. The Labute approximate surface area is 209 Å². The highest BCUT2D eigenvalue weighted by Crippen LogP contribution is 2.36. The van der Waals surface area contributed by atoms with Crippen molar-refractivity contribution in [2.24, 2.45) is 5.92 Å². The van der Waals surface area contributed by atoms with Gasteiger partial charge in [-0.25, -0.2) is 0 Å². The maximum Gasteiger partial charge on any atom is 0.233 e. The van der Waals surface area contributed by atoms with Crippen molar-refractivity contribution in [2.75, 3.05) is 50.8 Å². The van der Waals surface area contributed by atoms with E-state index in [1.54, 1.807) is 0 Å². The first-order chi connectivity index (χ1) is 17.2. The molecule has 1 atom stereocenters. The van der Waals surface area contributed by atoms with E-state index in [0.717, 1.165) is 107 Å². The van der Waals surface area contributed by atoms with Crippen LogP contribution >= 0.6 is 0 Å². The smallest absolute Gasteiger partial charge is 0.233 e. The van der Waals surface area contributed by atoms with Gasteiger partial charge < -0.3 is 19.1 Å². The maximum absolute atomic E-state index is 13.8. The second-order valence-corrected chi connectivity index (χ2v) is 10.4. The number of hydrogen-bond donors (Lipinski definition) is 0. The fourth-order valence-electron chi connectivity index (χ4n) is 5.87. The van der Waals surface area contributed by atoms with Gasteiger partial charge in [-0.3, -0.25) is 9.69 Å². The minimum Gasteiger partial charge on any atom is -0.379 e. The van der Waals surface area contributed by atoms with Crippen LogP contribution in [0.15, 0.2) is 34.9 Å². The molecule has 35 heavy (non-hydrogen) atoms. The largest absolute Gasteiger partial charge is 0.379 e. The van der Waals surface area contributed by atoms with E-state index in [-0.39, 0.29) is 5.92 Å². The van der Waals surface area contributed by atoms with Crippen LogP contribution in [0.4, 0.5) is 5.88 Å². The molecule has 3 aliphatic rings. The molecule has 3 fully saturated rings. The van der Waals surface area contributed by atoms with Gasteiger partial charge in [-0.05, 0) is 39.0 Å². The SMILES string of the molecule is C[C@@H]1CCCCN1c1onc(-c2ccccc2)c1CN(CCN1CCOCC1)C(=O)C1CCCC1. The van der Waals surface area contributed by atoms with E-state index in [4.69, 9.17) is 9.26 Å². The predicted octanol–water partition coefficient (Wildman–Crippen LogP) is 4.57. The summed E-state index contributed by atoms with van der Waals surface area (Å²) in [7, 11) is 0. The molecule has 0 N–H and O–H groups in total. The lowest BCUT2D eigenvalue weighted by molar-refractivity contribution is -0.136. The van der Waals surface area contributed by atoms with Gasteiger partial charge in [0.25, 0.3) is 0 Å². The van der Waals surface area contributed by atoms with Gasteiger partial charge in [-0.15, -0.1) is 0 Å². The lowest BCUT2D eigenvalue weighted by Crippen LogP contribution is -2.44. The second kappa shape index (κ2) is 11.6. The number of nitrogens with zero attached hydrogens (tertiary/aromatic N) is 4. The molecule has 0 unspecified atom stereocenters. The molecule has 7 heteroatoms. The third kappa shape index (κ3) is 5.72. The van der Waals surface area contributed by atoms with E-state index in [2.05, 4.69) is 38.9 Å². The van der Waals surface area contributed by atoms with Crippen molar-refractivity contribution in [3.8, 4) is 11.3 Å². The standard InChI is InChI=1S/C28H40N4O3/c1-22-9-7-8-14-32(22)28-25(26(29-35-28)23-10-3-2-4-11-23)21-31(27(33)24-12-5-6-13-24)16-15-30-17-19-34-20-18-30/h2-4,10-11,22,24H,5-9,12-21H2,1H3/t22-/m1/s1. The zero-order valence-electron chi connectivity index (χ0n) is 21.2. The van der Waals surface area contributed by atoms with Crippen molar-refractivity contribution in [3.05, 3.63) is 35.9 Å². The first-order valence-corrected chi connectivity index (χ1v) is 13.6. The van der Waals surface area contributed by atoms with Gasteiger partial charge in [0.15, 0.2) is 0 Å². The zero-order valence-corrected chi connectivity index (χ0v) is 21.2. The molecule has 0 radical (unpaired) electrons. The Bertz CT molecular complexity index is 950. The van der Waals surface area contributed by atoms with E-state index in [1.807, 2.05) is 18.2 Å². The number of anilines is 1. The molecule has 5 rings (SSSR count). The van der Waals surface area contributed by atoms with Crippen LogP contribution in [0.5, 0.6) is 0 Å². The first-order valence-electron chi connectivity index (χ1n) is 13.6. The van der Waals surface area contributed by atoms with Crippen LogP contribution in [-0.2, 0) is 16.1 Å². The molecule has 2 aromatic rings. The number of aromatic nitrogens is 1. The average Bonchev–Trinajstić information content (AvgIpc) is 3.58. The van der Waals surface area contributed by atoms with Gasteiger partial charge in [0, 0.05) is 50.2 Å². The highest BCUT2D eigenvalue weighted by molar-refractivity contribution is 5.80. The molecule has 3 heterocycles. The third-order valence-corrected chi connectivity index (χ3v) is 8.03. The molecule has 190 valence electrons. The molecule has 2 saturated heterocycles. The van der Waals surface area contributed by atoms with Gasteiger partial charge in [-0.1, -0.05) is 48.3 Å². The van der Waals surface area contributed by atoms with Crippen LogP contribution in [0.1, 0.15) is 57.4 Å². The number of ether oxygens (including phenoxy) is 1. The molecule has 2 aliphatic heterocycles. The van der Waals surface area contributed by atoms with Crippen molar-refractivity contribution < 1.29 is 14.1 Å². The number of amides is 1. The minimum atomic E-state index is 0.150. The highest BCUT2D eigenvalue weighted by atomic mass is 16.5. The monoisotopic (exact) mass is 480 g/mol. The Hall–Kier alpha value is -2.38. The van der Waals surface area contributed by atoms with Crippen LogP contribution < -0.4 is 4.90 Å². The number of carbonyl (C=O) groups is 1. The minimum absolute atomic E-state index is 0.150. The number of carbonyl (C=O) groups excluding carboxylic acids is 1. The number of morpholine rings is 1. The van der Waals surface area contributed by atoms with Crippen LogP contribution in [0.25, 0.3) is 11.3 Å². The van der Waals surface area contributed by atoms with Gasteiger partial charge >= 0.3 is 0 Å². The van der Waals surface area contributed by atoms with Gasteiger partial charge in [0.2, 0.25) is 11.8 Å². The van der Waals surface area contributed by atoms with Gasteiger partial charge in [-0.2, -0.15) is 0 Å². The molecular weight excluding hydrogens is 440 g/mol. The van der Waals surface area contributed by atoms with E-state index < -0.39 is 0 Å². The Morgan fingerprint density at radius 2 is 1.77 bits per heavy atom. The molecule has 1 saturated carbocycles. The van der Waals surface area contributed by atoms with Crippen LogP contribution in [0.2, 0.25) is 0 Å². The number of piperidine rings is 1. The fourth-order valence-corrected chi connectivity index (χ4v) is 5.87. The Morgan fingerprint density at radius 1 is 1.03 bits per heavy atom. The first kappa shape index (κ1) is 24.3. The van der Waals surface area contributed by atoms with Gasteiger partial charge in [0.05, 0.1) is 25.3 Å². The van der Waals surface area contributed by atoms with E-state index in [0.29, 0.717) is 18.5 Å². The summed E-state index contributed by atoms with van der Waals surface area (Å²) >= 11 is 0. The lowest BCUT2D eigenvalue weighted by atomic mass is 10.0. The van der Waals surface area contributed by atoms with Crippen molar-refractivity contribution in [3.63, 3.8) is 0 Å². The van der Waals surface area contributed by atoms with E-state index in [9.17, 15) is 4.79 Å². The Kier molecular flexibility index (Phi) is 8.04. The van der Waals surface area contributed by atoms with Crippen molar-refractivity contribution in [2.45, 2.75) is 64.5 Å². The van der Waals surface area contributed by atoms with Crippen LogP contribution in [0.3, 0.4) is 0 Å². The molecule has 0 spiro atoms. The fraction of sp³-hybridized carbons (Fsp3) is 0.643. The van der Waals surface area contributed by atoms with Crippen LogP contribution in [0, 0.1) is 5.92 Å². The van der Waals surface area contributed by atoms with Crippen LogP contribution in [-0.4, -0.2) is 72.8 Å². The molecular formula is C28H40N4O3. The third-order valence-electron chi connectivity index (χ3n) is 8.03.